The number of carboxylic acid groups (broad SMARTS) is 1. The molecule has 0 bridgehead atoms. The number of nitrogens with one attached hydrogen (secondary N) is 1. The van der Waals surface area contributed by atoms with Gasteiger partial charge in [-0.15, -0.1) is 0 Å². The van der Waals surface area contributed by atoms with E-state index in [9.17, 15) is 39.9 Å². The molecule has 0 spiro atoms. The van der Waals surface area contributed by atoms with Crippen LogP contribution < -0.4 is 8.91 Å². The predicted molar refractivity (Wildman–Crippen MR) is 103 cm³/mol. The molecule has 0 fully saturated rings. The van der Waals surface area contributed by atoms with Crippen LogP contribution in [0.5, 0.6) is 5.75 Å². The van der Waals surface area contributed by atoms with Gasteiger partial charge < -0.3 is 9.29 Å². The number of rotatable bonds is 8. The SMILES string of the molecule is Cc1ccc(S(=O)(=O)N[C@@](C)(Cc2ccc(OS(=O)(=O)C(F)(F)F)cc2)C(=O)O)cc1. The van der Waals surface area contributed by atoms with Crippen LogP contribution in [0.15, 0.2) is 53.4 Å². The Morgan fingerprint density at radius 2 is 1.52 bits per heavy atom. The molecule has 0 saturated heterocycles. The summed E-state index contributed by atoms with van der Waals surface area (Å²) in [6, 6.07) is 9.76. The number of carbonyl (C=O) groups is 1. The van der Waals surface area contributed by atoms with Crippen molar-refractivity contribution in [3.8, 4) is 5.75 Å². The summed E-state index contributed by atoms with van der Waals surface area (Å²) in [4.78, 5) is 11.7. The predicted octanol–water partition coefficient (Wildman–Crippen LogP) is 2.59. The average Bonchev–Trinajstić information content (AvgIpc) is 2.62. The van der Waals surface area contributed by atoms with Crippen molar-refractivity contribution < 1.29 is 44.1 Å². The Hall–Kier alpha value is -2.64. The lowest BCUT2D eigenvalue weighted by Crippen LogP contribution is -2.53. The Kier molecular flexibility index (Phi) is 6.73. The maximum absolute atomic E-state index is 12.6. The lowest BCUT2D eigenvalue weighted by atomic mass is 9.94. The highest BCUT2D eigenvalue weighted by molar-refractivity contribution is 7.89. The smallest absolute Gasteiger partial charge is 0.480 e. The van der Waals surface area contributed by atoms with Crippen LogP contribution in [0.4, 0.5) is 13.2 Å². The molecule has 1 atom stereocenters. The molecule has 0 heterocycles. The molecule has 31 heavy (non-hydrogen) atoms. The molecule has 0 aliphatic carbocycles. The summed E-state index contributed by atoms with van der Waals surface area (Å²) in [5.41, 5.74) is -6.62. The second-order valence-electron chi connectivity index (χ2n) is 6.86. The molecule has 2 N–H and O–H groups in total. The van der Waals surface area contributed by atoms with Gasteiger partial charge in [0.2, 0.25) is 10.0 Å². The molecule has 0 aromatic heterocycles. The number of carboxylic acids is 1. The van der Waals surface area contributed by atoms with E-state index in [1.165, 1.54) is 12.1 Å². The number of benzene rings is 2. The zero-order valence-corrected chi connectivity index (χ0v) is 17.8. The third kappa shape index (κ3) is 5.95. The molecule has 0 amide bonds. The fourth-order valence-corrected chi connectivity index (χ4v) is 4.30. The Bertz CT molecular complexity index is 1160. The zero-order valence-electron chi connectivity index (χ0n) is 16.2. The number of hydrogen-bond acceptors (Lipinski definition) is 6. The maximum atomic E-state index is 12.6. The van der Waals surface area contributed by atoms with E-state index < -0.39 is 42.9 Å². The van der Waals surface area contributed by atoms with Crippen LogP contribution in [-0.4, -0.2) is 39.0 Å². The minimum Gasteiger partial charge on any atom is -0.480 e. The summed E-state index contributed by atoms with van der Waals surface area (Å²) in [5, 5.41) is 9.59. The van der Waals surface area contributed by atoms with Gasteiger partial charge in [0.25, 0.3) is 0 Å². The molecule has 13 heteroatoms. The molecule has 2 aromatic carbocycles. The highest BCUT2D eigenvalue weighted by atomic mass is 32.2. The van der Waals surface area contributed by atoms with Gasteiger partial charge >= 0.3 is 21.6 Å². The largest absolute Gasteiger partial charge is 0.534 e. The Balaban J connectivity index is 2.24. The third-order valence-corrected chi connectivity index (χ3v) is 6.72. The first-order valence-corrected chi connectivity index (χ1v) is 11.4. The van der Waals surface area contributed by atoms with Crippen LogP contribution in [0.1, 0.15) is 18.1 Å². The summed E-state index contributed by atoms with van der Waals surface area (Å²) in [6.07, 6.45) is -0.389. The molecular weight excluding hydrogens is 463 g/mol. The second kappa shape index (κ2) is 8.48. The Morgan fingerprint density at radius 3 is 1.97 bits per heavy atom. The Labute approximate surface area is 176 Å². The molecule has 0 unspecified atom stereocenters. The molecule has 0 saturated carbocycles. The monoisotopic (exact) mass is 481 g/mol. The van der Waals surface area contributed by atoms with Gasteiger partial charge in [-0.2, -0.15) is 26.3 Å². The van der Waals surface area contributed by atoms with Crippen molar-refractivity contribution in [2.45, 2.75) is 36.2 Å². The summed E-state index contributed by atoms with van der Waals surface area (Å²) in [6.45, 7) is 2.87. The fourth-order valence-electron chi connectivity index (χ4n) is 2.47. The van der Waals surface area contributed by atoms with E-state index in [2.05, 4.69) is 8.91 Å². The minimum atomic E-state index is -5.86. The maximum Gasteiger partial charge on any atom is 0.534 e. The molecule has 0 aliphatic heterocycles. The molecular formula is C18H18F3NO7S2. The summed E-state index contributed by atoms with van der Waals surface area (Å²) in [5.74, 6) is -2.14. The van der Waals surface area contributed by atoms with E-state index in [4.69, 9.17) is 0 Å². The van der Waals surface area contributed by atoms with Gasteiger partial charge in [0.05, 0.1) is 4.90 Å². The molecule has 0 radical (unpaired) electrons. The molecule has 2 aromatic rings. The van der Waals surface area contributed by atoms with Crippen LogP contribution in [-0.2, 0) is 31.4 Å². The van der Waals surface area contributed by atoms with E-state index in [0.717, 1.165) is 36.8 Å². The molecule has 0 aliphatic rings. The van der Waals surface area contributed by atoms with Crippen molar-refractivity contribution >= 4 is 26.1 Å². The second-order valence-corrected chi connectivity index (χ2v) is 10.1. The minimum absolute atomic E-state index is 0.147. The third-order valence-electron chi connectivity index (χ3n) is 4.13. The quantitative estimate of drug-likeness (QED) is 0.438. The number of hydrogen-bond donors (Lipinski definition) is 2. The average molecular weight is 481 g/mol. The molecule has 170 valence electrons. The van der Waals surface area contributed by atoms with Crippen LogP contribution in [0.3, 0.4) is 0 Å². The van der Waals surface area contributed by atoms with Gasteiger partial charge in [-0.05, 0) is 43.7 Å². The van der Waals surface area contributed by atoms with Gasteiger partial charge in [-0.25, -0.2) is 8.42 Å². The fraction of sp³-hybridized carbons (Fsp3) is 0.278. The van der Waals surface area contributed by atoms with Gasteiger partial charge in [-0.3, -0.25) is 4.79 Å². The highest BCUT2D eigenvalue weighted by Gasteiger charge is 2.48. The van der Waals surface area contributed by atoms with Gasteiger partial charge in [0, 0.05) is 6.42 Å². The number of sulfonamides is 1. The number of alkyl halides is 3. The summed E-state index contributed by atoms with van der Waals surface area (Å²) >= 11 is 0. The van der Waals surface area contributed by atoms with Crippen molar-refractivity contribution in [1.29, 1.82) is 0 Å². The normalized spacial score (nSPS) is 14.6. The first-order valence-electron chi connectivity index (χ1n) is 8.49. The van der Waals surface area contributed by atoms with E-state index >= 15 is 0 Å². The van der Waals surface area contributed by atoms with Crippen molar-refractivity contribution in [3.63, 3.8) is 0 Å². The van der Waals surface area contributed by atoms with Crippen molar-refractivity contribution in [2.75, 3.05) is 0 Å². The van der Waals surface area contributed by atoms with Crippen molar-refractivity contribution in [2.24, 2.45) is 0 Å². The lowest BCUT2D eigenvalue weighted by molar-refractivity contribution is -0.143. The van der Waals surface area contributed by atoms with Crippen LogP contribution in [0.2, 0.25) is 0 Å². The van der Waals surface area contributed by atoms with E-state index in [1.54, 1.807) is 19.1 Å². The van der Waals surface area contributed by atoms with Crippen LogP contribution >= 0.6 is 0 Å². The standard InChI is InChI=1S/C18H18F3NO7S2/c1-12-3-9-15(10-4-12)30(25,26)22-17(2,16(23)24)11-13-5-7-14(8-6-13)29-31(27,28)18(19,20)21/h3-10,22H,11H2,1-2H3,(H,23,24)/t17-/m0/s1. The van der Waals surface area contributed by atoms with E-state index in [1.807, 2.05) is 0 Å². The molecule has 2 rings (SSSR count). The number of aliphatic carboxylic acids is 1. The van der Waals surface area contributed by atoms with Gasteiger partial charge in [0.1, 0.15) is 11.3 Å². The molecule has 8 nitrogen and oxygen atoms in total. The topological polar surface area (TPSA) is 127 Å². The first kappa shape index (κ1) is 24.6. The van der Waals surface area contributed by atoms with Crippen molar-refractivity contribution in [1.82, 2.24) is 4.72 Å². The first-order chi connectivity index (χ1) is 14.1. The van der Waals surface area contributed by atoms with Crippen LogP contribution in [0, 0.1) is 6.92 Å². The highest BCUT2D eigenvalue weighted by Crippen LogP contribution is 2.27. The van der Waals surface area contributed by atoms with Crippen molar-refractivity contribution in [3.05, 3.63) is 59.7 Å². The summed E-state index contributed by atoms with van der Waals surface area (Å²) < 4.78 is 90.5. The summed E-state index contributed by atoms with van der Waals surface area (Å²) in [7, 11) is -10.1. The van der Waals surface area contributed by atoms with E-state index in [-0.39, 0.29) is 16.9 Å². The number of aryl methyl sites for hydroxylation is 1. The van der Waals surface area contributed by atoms with Crippen LogP contribution in [0.25, 0.3) is 0 Å². The van der Waals surface area contributed by atoms with Gasteiger partial charge in [0.15, 0.2) is 0 Å². The number of halogens is 3. The van der Waals surface area contributed by atoms with Gasteiger partial charge in [-0.1, -0.05) is 29.8 Å². The lowest BCUT2D eigenvalue weighted by Gasteiger charge is -2.26. The zero-order chi connectivity index (χ0) is 23.7. The van der Waals surface area contributed by atoms with E-state index in [0.29, 0.717) is 0 Å². The Morgan fingerprint density at radius 1 is 1.00 bits per heavy atom.